The predicted molar refractivity (Wildman–Crippen MR) is 65.1 cm³/mol. The number of amides is 1. The fraction of sp³-hybridized carbons (Fsp3) is 0.923. The Balaban J connectivity index is 1.66. The molecule has 0 aromatic carbocycles. The Bertz CT molecular complexity index is 254. The highest BCUT2D eigenvalue weighted by molar-refractivity contribution is 5.78. The summed E-state index contributed by atoms with van der Waals surface area (Å²) in [4.78, 5) is 11.6. The molecule has 0 saturated heterocycles. The van der Waals surface area contributed by atoms with Crippen LogP contribution in [-0.2, 0) is 4.79 Å². The van der Waals surface area contributed by atoms with E-state index in [4.69, 9.17) is 0 Å². The second-order valence-electron chi connectivity index (χ2n) is 5.54. The van der Waals surface area contributed by atoms with Crippen LogP contribution in [0.4, 0.5) is 0 Å². The van der Waals surface area contributed by atoms with Gasteiger partial charge in [0.05, 0.1) is 6.54 Å². The molecular formula is C13H24N2O. The van der Waals surface area contributed by atoms with Gasteiger partial charge in [0.25, 0.3) is 0 Å². The normalized spacial score (nSPS) is 34.0. The van der Waals surface area contributed by atoms with Gasteiger partial charge in [0, 0.05) is 12.1 Å². The molecule has 2 bridgehead atoms. The summed E-state index contributed by atoms with van der Waals surface area (Å²) >= 11 is 0. The lowest BCUT2D eigenvalue weighted by Crippen LogP contribution is -2.43. The number of fused-ring (bicyclic) bond motifs is 2. The molecule has 4 unspecified atom stereocenters. The van der Waals surface area contributed by atoms with Crippen molar-refractivity contribution in [2.45, 2.75) is 58.0 Å². The molecule has 92 valence electrons. The maximum absolute atomic E-state index is 11.6. The smallest absolute Gasteiger partial charge is 0.234 e. The minimum Gasteiger partial charge on any atom is -0.353 e. The summed E-state index contributed by atoms with van der Waals surface area (Å²) in [5.74, 6) is 1.94. The van der Waals surface area contributed by atoms with E-state index in [1.54, 1.807) is 0 Å². The van der Waals surface area contributed by atoms with Crippen LogP contribution in [0.3, 0.4) is 0 Å². The molecule has 2 aliphatic carbocycles. The van der Waals surface area contributed by atoms with Crippen molar-refractivity contribution in [2.75, 3.05) is 6.54 Å². The zero-order valence-electron chi connectivity index (χ0n) is 10.5. The lowest BCUT2D eigenvalue weighted by molar-refractivity contribution is -0.121. The van der Waals surface area contributed by atoms with E-state index in [9.17, 15) is 4.79 Å². The van der Waals surface area contributed by atoms with E-state index in [0.29, 0.717) is 18.6 Å². The molecule has 2 N–H and O–H groups in total. The van der Waals surface area contributed by atoms with Crippen LogP contribution in [0.15, 0.2) is 0 Å². The Hall–Kier alpha value is -0.570. The van der Waals surface area contributed by atoms with Gasteiger partial charge in [0.1, 0.15) is 0 Å². The first-order valence-electron chi connectivity index (χ1n) is 6.71. The number of nitrogens with one attached hydrogen (secondary N) is 2. The first-order valence-corrected chi connectivity index (χ1v) is 6.71. The lowest BCUT2D eigenvalue weighted by atomic mass is 9.95. The van der Waals surface area contributed by atoms with Crippen molar-refractivity contribution in [3.8, 4) is 0 Å². The highest BCUT2D eigenvalue weighted by Gasteiger charge is 2.39. The average Bonchev–Trinajstić information content (AvgIpc) is 2.87. The third kappa shape index (κ3) is 2.76. The van der Waals surface area contributed by atoms with E-state index in [-0.39, 0.29) is 5.91 Å². The fourth-order valence-electron chi connectivity index (χ4n) is 3.15. The molecule has 2 rings (SSSR count). The van der Waals surface area contributed by atoms with Crippen LogP contribution in [0, 0.1) is 11.8 Å². The van der Waals surface area contributed by atoms with Gasteiger partial charge in [-0.15, -0.1) is 0 Å². The van der Waals surface area contributed by atoms with Crippen LogP contribution in [0.5, 0.6) is 0 Å². The van der Waals surface area contributed by atoms with Gasteiger partial charge in [0.15, 0.2) is 0 Å². The Morgan fingerprint density at radius 2 is 2.19 bits per heavy atom. The van der Waals surface area contributed by atoms with Gasteiger partial charge in [-0.1, -0.05) is 13.3 Å². The van der Waals surface area contributed by atoms with Gasteiger partial charge in [-0.25, -0.2) is 0 Å². The van der Waals surface area contributed by atoms with Crippen LogP contribution in [0.1, 0.15) is 46.0 Å². The molecule has 3 nitrogen and oxygen atoms in total. The second-order valence-corrected chi connectivity index (χ2v) is 5.54. The third-order valence-electron chi connectivity index (χ3n) is 4.28. The van der Waals surface area contributed by atoms with Gasteiger partial charge in [-0.2, -0.15) is 0 Å². The number of carbonyl (C=O) groups excluding carboxylic acids is 1. The number of hydrogen-bond acceptors (Lipinski definition) is 2. The van der Waals surface area contributed by atoms with Crippen molar-refractivity contribution in [2.24, 2.45) is 11.8 Å². The molecule has 3 heteroatoms. The first-order chi connectivity index (χ1) is 7.69. The molecule has 4 atom stereocenters. The number of carbonyl (C=O) groups is 1. The van der Waals surface area contributed by atoms with Gasteiger partial charge in [0.2, 0.25) is 5.91 Å². The second kappa shape index (κ2) is 5.17. The zero-order chi connectivity index (χ0) is 11.5. The van der Waals surface area contributed by atoms with Gasteiger partial charge >= 0.3 is 0 Å². The summed E-state index contributed by atoms with van der Waals surface area (Å²) in [6, 6.07) is 0.913. The van der Waals surface area contributed by atoms with Crippen molar-refractivity contribution in [1.82, 2.24) is 10.6 Å². The Labute approximate surface area is 98.4 Å². The summed E-state index contributed by atoms with van der Waals surface area (Å²) in [7, 11) is 0. The molecule has 2 aliphatic rings. The summed E-state index contributed by atoms with van der Waals surface area (Å²) in [5.41, 5.74) is 0. The van der Waals surface area contributed by atoms with Gasteiger partial charge < -0.3 is 10.6 Å². The standard InChI is InChI=1S/C13H24N2O/c1-3-9(2)15-13(16)8-14-12-7-10-4-5-11(12)6-10/h9-12,14H,3-8H2,1-2H3,(H,15,16). The summed E-state index contributed by atoms with van der Waals surface area (Å²) in [5, 5.41) is 6.43. The molecule has 2 saturated carbocycles. The van der Waals surface area contributed by atoms with Crippen LogP contribution in [-0.4, -0.2) is 24.5 Å². The Morgan fingerprint density at radius 3 is 2.75 bits per heavy atom. The molecule has 0 aromatic heterocycles. The molecule has 0 aliphatic heterocycles. The van der Waals surface area contributed by atoms with Crippen molar-refractivity contribution >= 4 is 5.91 Å². The third-order valence-corrected chi connectivity index (χ3v) is 4.28. The minimum atomic E-state index is 0.150. The molecule has 0 radical (unpaired) electrons. The molecular weight excluding hydrogens is 200 g/mol. The Kier molecular flexibility index (Phi) is 3.85. The molecule has 0 aromatic rings. The summed E-state index contributed by atoms with van der Waals surface area (Å²) in [6.07, 6.45) is 6.48. The maximum Gasteiger partial charge on any atom is 0.234 e. The van der Waals surface area contributed by atoms with Gasteiger partial charge in [-0.05, 0) is 44.4 Å². The topological polar surface area (TPSA) is 41.1 Å². The molecule has 16 heavy (non-hydrogen) atoms. The predicted octanol–water partition coefficient (Wildman–Crippen LogP) is 1.68. The van der Waals surface area contributed by atoms with Gasteiger partial charge in [-0.3, -0.25) is 4.79 Å². The average molecular weight is 224 g/mol. The quantitative estimate of drug-likeness (QED) is 0.746. The van der Waals surface area contributed by atoms with Crippen molar-refractivity contribution in [3.63, 3.8) is 0 Å². The van der Waals surface area contributed by atoms with Crippen molar-refractivity contribution < 1.29 is 4.79 Å². The summed E-state index contributed by atoms with van der Waals surface area (Å²) in [6.45, 7) is 4.64. The highest BCUT2D eigenvalue weighted by atomic mass is 16.1. The Morgan fingerprint density at radius 1 is 1.38 bits per heavy atom. The summed E-state index contributed by atoms with van der Waals surface area (Å²) < 4.78 is 0. The number of hydrogen-bond donors (Lipinski definition) is 2. The molecule has 1 amide bonds. The fourth-order valence-corrected chi connectivity index (χ4v) is 3.15. The van der Waals surface area contributed by atoms with E-state index in [1.165, 1.54) is 25.7 Å². The highest BCUT2D eigenvalue weighted by Crippen LogP contribution is 2.44. The molecule has 2 fully saturated rings. The van der Waals surface area contributed by atoms with E-state index in [1.807, 2.05) is 0 Å². The largest absolute Gasteiger partial charge is 0.353 e. The van der Waals surface area contributed by atoms with E-state index in [2.05, 4.69) is 24.5 Å². The molecule has 0 spiro atoms. The molecule has 0 heterocycles. The van der Waals surface area contributed by atoms with Crippen LogP contribution >= 0.6 is 0 Å². The lowest BCUT2D eigenvalue weighted by Gasteiger charge is -2.23. The van der Waals surface area contributed by atoms with E-state index in [0.717, 1.165) is 18.3 Å². The SMILES string of the molecule is CCC(C)NC(=O)CNC1CC2CCC1C2. The van der Waals surface area contributed by atoms with Crippen LogP contribution in [0.2, 0.25) is 0 Å². The van der Waals surface area contributed by atoms with Crippen LogP contribution < -0.4 is 10.6 Å². The van der Waals surface area contributed by atoms with E-state index >= 15 is 0 Å². The first kappa shape index (κ1) is 11.9. The maximum atomic E-state index is 11.6. The van der Waals surface area contributed by atoms with Crippen LogP contribution in [0.25, 0.3) is 0 Å². The monoisotopic (exact) mass is 224 g/mol. The minimum absolute atomic E-state index is 0.150. The van der Waals surface area contributed by atoms with Crippen molar-refractivity contribution in [1.29, 1.82) is 0 Å². The number of rotatable bonds is 5. The zero-order valence-corrected chi connectivity index (χ0v) is 10.5. The van der Waals surface area contributed by atoms with E-state index < -0.39 is 0 Å². The van der Waals surface area contributed by atoms with Crippen molar-refractivity contribution in [3.05, 3.63) is 0 Å².